The first-order valence-electron chi connectivity index (χ1n) is 20.0. The van der Waals surface area contributed by atoms with Crippen LogP contribution in [0.2, 0.25) is 0 Å². The summed E-state index contributed by atoms with van der Waals surface area (Å²) >= 11 is 1.47. The molecule has 3 aliphatic rings. The Kier molecular flexibility index (Phi) is 10.9. The van der Waals surface area contributed by atoms with E-state index in [0.717, 1.165) is 68.2 Å². The SMILES string of the molecule is CCn1c(-c2cccnc2[C@H](C)OC)c2c3cc(ccc31)-c1csc(n1)C[C@H](NC(=O)N1CC[C@H]1c1ccccc1)C(=O)N1CCC[C@H](N1)C(=O)OCC(C)(C)C2. The van der Waals surface area contributed by atoms with Gasteiger partial charge in [-0.25, -0.2) is 15.2 Å². The van der Waals surface area contributed by atoms with Crippen LogP contribution in [0.15, 0.2) is 72.2 Å². The fourth-order valence-electron chi connectivity index (χ4n) is 8.45. The summed E-state index contributed by atoms with van der Waals surface area (Å²) < 4.78 is 14.2. The van der Waals surface area contributed by atoms with Gasteiger partial charge in [-0.2, -0.15) is 0 Å². The quantitative estimate of drug-likeness (QED) is 0.172. The molecular formula is C44H51N7O5S. The fourth-order valence-corrected chi connectivity index (χ4v) is 9.30. The van der Waals surface area contributed by atoms with Crippen molar-refractivity contribution in [1.29, 1.82) is 0 Å². The number of urea groups is 1. The number of nitrogens with zero attached hydrogens (tertiary/aromatic N) is 5. The molecule has 2 N–H and O–H groups in total. The lowest BCUT2D eigenvalue weighted by Gasteiger charge is -2.42. The van der Waals surface area contributed by atoms with Crippen molar-refractivity contribution in [2.24, 2.45) is 5.41 Å². The molecule has 12 nitrogen and oxygen atoms in total. The summed E-state index contributed by atoms with van der Waals surface area (Å²) in [5.41, 5.74) is 10.7. The first-order chi connectivity index (χ1) is 27.5. The molecule has 298 valence electrons. The number of ether oxygens (including phenoxy) is 2. The third-order valence-electron chi connectivity index (χ3n) is 11.6. The summed E-state index contributed by atoms with van der Waals surface area (Å²) in [4.78, 5) is 53.6. The van der Waals surface area contributed by atoms with Gasteiger partial charge < -0.3 is 24.3 Å². The van der Waals surface area contributed by atoms with Crippen molar-refractivity contribution in [1.82, 2.24) is 35.2 Å². The first-order valence-corrected chi connectivity index (χ1v) is 20.9. The van der Waals surface area contributed by atoms with Crippen LogP contribution >= 0.6 is 11.3 Å². The van der Waals surface area contributed by atoms with Gasteiger partial charge in [0, 0.05) is 72.2 Å². The van der Waals surface area contributed by atoms with Gasteiger partial charge in [0.25, 0.3) is 5.91 Å². The third kappa shape index (κ3) is 7.68. The topological polar surface area (TPSA) is 131 Å². The van der Waals surface area contributed by atoms with Crippen LogP contribution in [0.25, 0.3) is 33.4 Å². The number of amides is 3. The molecule has 3 aliphatic heterocycles. The lowest BCUT2D eigenvalue weighted by Crippen LogP contribution is -2.62. The fraction of sp³-hybridized carbons (Fsp3) is 0.432. The second kappa shape index (κ2) is 16.0. The number of benzene rings is 2. The van der Waals surface area contributed by atoms with Crippen LogP contribution in [0, 0.1) is 5.41 Å². The highest BCUT2D eigenvalue weighted by Crippen LogP contribution is 2.42. The van der Waals surface area contributed by atoms with Crippen molar-refractivity contribution in [3.63, 3.8) is 0 Å². The summed E-state index contributed by atoms with van der Waals surface area (Å²) in [6.45, 7) is 10.3. The average molecular weight is 790 g/mol. The number of likely N-dealkylation sites (tertiary alicyclic amines) is 1. The Morgan fingerprint density at radius 3 is 2.68 bits per heavy atom. The Bertz CT molecular complexity index is 2290. The summed E-state index contributed by atoms with van der Waals surface area (Å²) in [5, 5.41) is 8.40. The predicted octanol–water partition coefficient (Wildman–Crippen LogP) is 7.24. The van der Waals surface area contributed by atoms with E-state index in [4.69, 9.17) is 19.4 Å². The zero-order chi connectivity index (χ0) is 39.8. The van der Waals surface area contributed by atoms with Crippen molar-refractivity contribution in [3.05, 3.63) is 94.1 Å². The number of pyridine rings is 1. The van der Waals surface area contributed by atoms with Crippen LogP contribution < -0.4 is 10.7 Å². The molecule has 0 spiro atoms. The van der Waals surface area contributed by atoms with E-state index >= 15 is 0 Å². The molecule has 0 radical (unpaired) electrons. The number of hydrazine groups is 1. The van der Waals surface area contributed by atoms with Crippen molar-refractivity contribution >= 4 is 40.1 Å². The molecule has 3 amide bonds. The number of methoxy groups -OCH3 is 1. The van der Waals surface area contributed by atoms with E-state index in [0.29, 0.717) is 32.4 Å². The zero-order valence-corrected chi connectivity index (χ0v) is 34.1. The van der Waals surface area contributed by atoms with Crippen LogP contribution in [-0.2, 0) is 38.4 Å². The molecule has 0 saturated carbocycles. The number of cyclic esters (lactones) is 1. The van der Waals surface area contributed by atoms with E-state index in [1.807, 2.05) is 48.7 Å². The number of rotatable bonds is 6. The van der Waals surface area contributed by atoms with Crippen molar-refractivity contribution in [2.45, 2.75) is 90.6 Å². The number of esters is 1. The molecular weight excluding hydrogens is 739 g/mol. The molecule has 4 atom stereocenters. The monoisotopic (exact) mass is 789 g/mol. The molecule has 0 aliphatic carbocycles. The normalized spacial score (nSPS) is 21.7. The number of fused-ring (bicyclic) bond motifs is 6. The molecule has 57 heavy (non-hydrogen) atoms. The average Bonchev–Trinajstić information content (AvgIpc) is 3.80. The van der Waals surface area contributed by atoms with E-state index in [9.17, 15) is 14.4 Å². The molecule has 2 saturated heterocycles. The number of aromatic nitrogens is 3. The van der Waals surface area contributed by atoms with E-state index in [1.54, 1.807) is 18.2 Å². The van der Waals surface area contributed by atoms with Gasteiger partial charge in [-0.3, -0.25) is 19.6 Å². The molecule has 5 aromatic rings. The second-order valence-corrected chi connectivity index (χ2v) is 17.1. The summed E-state index contributed by atoms with van der Waals surface area (Å²) in [7, 11) is 1.70. The molecule has 3 aromatic heterocycles. The minimum absolute atomic E-state index is 0.0560. The summed E-state index contributed by atoms with van der Waals surface area (Å²) in [6.07, 6.45) is 4.39. The van der Waals surface area contributed by atoms with Gasteiger partial charge in [-0.15, -0.1) is 11.3 Å². The Labute approximate surface area is 337 Å². The van der Waals surface area contributed by atoms with Crippen LogP contribution in [0.4, 0.5) is 4.79 Å². The van der Waals surface area contributed by atoms with Crippen LogP contribution in [0.1, 0.15) is 80.9 Å². The number of nitrogens with one attached hydrogen (secondary N) is 2. The Hall–Kier alpha value is -5.11. The Morgan fingerprint density at radius 2 is 1.93 bits per heavy atom. The lowest BCUT2D eigenvalue weighted by molar-refractivity contribution is -0.155. The minimum atomic E-state index is -0.910. The summed E-state index contributed by atoms with van der Waals surface area (Å²) in [5.74, 6) is -0.715. The second-order valence-electron chi connectivity index (χ2n) is 16.1. The highest BCUT2D eigenvalue weighted by atomic mass is 32.1. The maximum atomic E-state index is 14.3. The van der Waals surface area contributed by atoms with Gasteiger partial charge in [0.15, 0.2) is 0 Å². The molecule has 6 bridgehead atoms. The van der Waals surface area contributed by atoms with Crippen molar-refractivity contribution < 1.29 is 23.9 Å². The summed E-state index contributed by atoms with van der Waals surface area (Å²) in [6, 6.07) is 18.5. The van der Waals surface area contributed by atoms with Crippen molar-refractivity contribution in [3.8, 4) is 22.5 Å². The number of aryl methyl sites for hydroxylation is 1. The molecule has 2 aromatic carbocycles. The highest BCUT2D eigenvalue weighted by Gasteiger charge is 2.39. The number of carbonyl (C=O) groups excluding carboxylic acids is 3. The lowest BCUT2D eigenvalue weighted by atomic mass is 9.84. The molecule has 13 heteroatoms. The van der Waals surface area contributed by atoms with E-state index in [2.05, 4.69) is 60.3 Å². The van der Waals surface area contributed by atoms with Gasteiger partial charge in [0.05, 0.1) is 40.8 Å². The maximum Gasteiger partial charge on any atom is 0.324 e. The number of carbonyl (C=O) groups is 3. The highest BCUT2D eigenvalue weighted by molar-refractivity contribution is 7.10. The van der Waals surface area contributed by atoms with Gasteiger partial charge in [0.1, 0.15) is 12.1 Å². The predicted molar refractivity (Wildman–Crippen MR) is 220 cm³/mol. The van der Waals surface area contributed by atoms with Crippen molar-refractivity contribution in [2.75, 3.05) is 26.8 Å². The van der Waals surface area contributed by atoms with Crippen LogP contribution in [0.3, 0.4) is 0 Å². The van der Waals surface area contributed by atoms with Gasteiger partial charge in [-0.05, 0) is 74.9 Å². The molecule has 0 unspecified atom stereocenters. The standard InChI is InChI=1S/C44H51N7O5S/c1-6-49-37-17-16-29-22-31(37)32(40(49)30-14-10-19-45-39(30)27(2)55-5)24-44(3,4)26-56-42(53)33-15-11-20-51(48-33)41(52)34(23-38-46-35(29)25-57-38)47-43(54)50-21-18-36(50)28-12-8-7-9-13-28/h7-10,12-14,16-17,19,22,25,27,33-34,36,48H,6,11,15,18,20-21,23-24,26H2,1-5H3,(H,47,54)/t27-,33-,34-,36-/m0/s1. The largest absolute Gasteiger partial charge is 0.464 e. The smallest absolute Gasteiger partial charge is 0.324 e. The van der Waals surface area contributed by atoms with Crippen LogP contribution in [0.5, 0.6) is 0 Å². The molecule has 2 fully saturated rings. The van der Waals surface area contributed by atoms with Gasteiger partial charge in [-0.1, -0.05) is 50.2 Å². The third-order valence-corrected chi connectivity index (χ3v) is 12.5. The van der Waals surface area contributed by atoms with E-state index in [-0.39, 0.29) is 37.1 Å². The maximum absolute atomic E-state index is 14.3. The first kappa shape index (κ1) is 38.7. The van der Waals surface area contributed by atoms with E-state index < -0.39 is 23.5 Å². The van der Waals surface area contributed by atoms with Crippen LogP contribution in [-0.4, -0.2) is 81.2 Å². The minimum Gasteiger partial charge on any atom is -0.464 e. The number of hydrogen-bond acceptors (Lipinski definition) is 9. The number of hydrogen-bond donors (Lipinski definition) is 2. The number of thiazole rings is 1. The zero-order valence-electron chi connectivity index (χ0n) is 33.3. The Balaban J connectivity index is 1.20. The Morgan fingerprint density at radius 1 is 1.11 bits per heavy atom. The van der Waals surface area contributed by atoms with Gasteiger partial charge in [0.2, 0.25) is 0 Å². The molecule has 8 rings (SSSR count). The molecule has 6 heterocycles. The van der Waals surface area contributed by atoms with Gasteiger partial charge >= 0.3 is 12.0 Å². The van der Waals surface area contributed by atoms with E-state index in [1.165, 1.54) is 16.3 Å².